The third-order valence-electron chi connectivity index (χ3n) is 3.44. The van der Waals surface area contributed by atoms with Crippen LogP contribution < -0.4 is 14.8 Å². The molecule has 122 valence electrons. The highest BCUT2D eigenvalue weighted by molar-refractivity contribution is 5.43. The van der Waals surface area contributed by atoms with Crippen molar-refractivity contribution in [2.75, 3.05) is 11.9 Å². The smallest absolute Gasteiger partial charge is 0.169 e. The van der Waals surface area contributed by atoms with Gasteiger partial charge in [0.2, 0.25) is 0 Å². The monoisotopic (exact) mass is 320 g/mol. The van der Waals surface area contributed by atoms with Gasteiger partial charge in [-0.25, -0.2) is 4.98 Å². The van der Waals surface area contributed by atoms with E-state index in [9.17, 15) is 0 Å². The molecule has 4 nitrogen and oxygen atoms in total. The van der Waals surface area contributed by atoms with Gasteiger partial charge >= 0.3 is 0 Å². The van der Waals surface area contributed by atoms with Gasteiger partial charge in [-0.3, -0.25) is 0 Å². The number of nitrogens with zero attached hydrogens (tertiary/aromatic N) is 1. The second kappa shape index (κ2) is 8.02. The number of pyridine rings is 1. The van der Waals surface area contributed by atoms with E-state index in [1.54, 1.807) is 6.20 Å². The van der Waals surface area contributed by atoms with Crippen molar-refractivity contribution in [2.45, 2.75) is 13.5 Å². The third-order valence-corrected chi connectivity index (χ3v) is 3.44. The molecule has 0 bridgehead atoms. The highest BCUT2D eigenvalue weighted by atomic mass is 16.5. The number of aromatic nitrogens is 1. The maximum atomic E-state index is 5.92. The number of rotatable bonds is 7. The Hall–Kier alpha value is -3.01. The Labute approximate surface area is 142 Å². The van der Waals surface area contributed by atoms with E-state index in [-0.39, 0.29) is 0 Å². The Morgan fingerprint density at radius 3 is 2.33 bits per heavy atom. The van der Waals surface area contributed by atoms with E-state index >= 15 is 0 Å². The van der Waals surface area contributed by atoms with Crippen LogP contribution in [0.15, 0.2) is 72.9 Å². The molecule has 2 aromatic carbocycles. The minimum absolute atomic E-state index is 0.610. The highest BCUT2D eigenvalue weighted by Gasteiger charge is 2.05. The summed E-state index contributed by atoms with van der Waals surface area (Å²) in [4.78, 5) is 4.24. The third kappa shape index (κ3) is 4.26. The standard InChI is InChI=1S/C20H20N2O2/c1-2-23-18-7-3-4-8-19(18)24-17-12-10-16(11-13-17)15-22-20-9-5-6-14-21-20/h3-14H,2,15H2,1H3,(H,21,22). The highest BCUT2D eigenvalue weighted by Crippen LogP contribution is 2.31. The summed E-state index contributed by atoms with van der Waals surface area (Å²) in [6, 6.07) is 21.5. The van der Waals surface area contributed by atoms with Crippen molar-refractivity contribution in [1.29, 1.82) is 0 Å². The molecule has 0 unspecified atom stereocenters. The summed E-state index contributed by atoms with van der Waals surface area (Å²) in [5, 5.41) is 3.28. The fourth-order valence-electron chi connectivity index (χ4n) is 2.27. The lowest BCUT2D eigenvalue weighted by Gasteiger charge is -2.12. The fourth-order valence-corrected chi connectivity index (χ4v) is 2.27. The van der Waals surface area contributed by atoms with Gasteiger partial charge in [0.25, 0.3) is 0 Å². The van der Waals surface area contributed by atoms with Gasteiger partial charge in [-0.1, -0.05) is 30.3 Å². The Balaban J connectivity index is 1.62. The van der Waals surface area contributed by atoms with Gasteiger partial charge in [0.05, 0.1) is 6.61 Å². The molecular weight excluding hydrogens is 300 g/mol. The molecule has 0 radical (unpaired) electrons. The van der Waals surface area contributed by atoms with Crippen molar-refractivity contribution in [3.05, 3.63) is 78.5 Å². The number of nitrogens with one attached hydrogen (secondary N) is 1. The van der Waals surface area contributed by atoms with Gasteiger partial charge in [-0.2, -0.15) is 0 Å². The minimum atomic E-state index is 0.610. The summed E-state index contributed by atoms with van der Waals surface area (Å²) in [7, 11) is 0. The first-order valence-corrected chi connectivity index (χ1v) is 7.98. The zero-order chi connectivity index (χ0) is 16.6. The van der Waals surface area contributed by atoms with Crippen LogP contribution in [0.3, 0.4) is 0 Å². The van der Waals surface area contributed by atoms with E-state index in [1.165, 1.54) is 0 Å². The maximum Gasteiger partial charge on any atom is 0.169 e. The molecule has 1 heterocycles. The lowest BCUT2D eigenvalue weighted by molar-refractivity contribution is 0.321. The van der Waals surface area contributed by atoms with Crippen LogP contribution in [-0.2, 0) is 6.54 Å². The zero-order valence-corrected chi connectivity index (χ0v) is 13.6. The van der Waals surface area contributed by atoms with E-state index in [0.717, 1.165) is 28.6 Å². The first-order valence-electron chi connectivity index (χ1n) is 7.98. The average Bonchev–Trinajstić information content (AvgIpc) is 2.64. The van der Waals surface area contributed by atoms with Gasteiger partial charge in [-0.05, 0) is 48.9 Å². The van der Waals surface area contributed by atoms with Crippen LogP contribution in [0.5, 0.6) is 17.2 Å². The lowest BCUT2D eigenvalue weighted by atomic mass is 10.2. The Kier molecular flexibility index (Phi) is 5.30. The van der Waals surface area contributed by atoms with Crippen molar-refractivity contribution >= 4 is 5.82 Å². The minimum Gasteiger partial charge on any atom is -0.490 e. The van der Waals surface area contributed by atoms with Gasteiger partial charge in [-0.15, -0.1) is 0 Å². The van der Waals surface area contributed by atoms with E-state index < -0.39 is 0 Å². The average molecular weight is 320 g/mol. The second-order valence-electron chi connectivity index (χ2n) is 5.19. The Morgan fingerprint density at radius 1 is 0.875 bits per heavy atom. The summed E-state index contributed by atoms with van der Waals surface area (Å²) in [5.41, 5.74) is 1.16. The molecule has 0 amide bonds. The van der Waals surface area contributed by atoms with Gasteiger partial charge < -0.3 is 14.8 Å². The molecule has 3 rings (SSSR count). The topological polar surface area (TPSA) is 43.4 Å². The van der Waals surface area contributed by atoms with Crippen LogP contribution in [0.25, 0.3) is 0 Å². The van der Waals surface area contributed by atoms with Crippen molar-refractivity contribution in [2.24, 2.45) is 0 Å². The Bertz CT molecular complexity index is 758. The number of anilines is 1. The predicted octanol–water partition coefficient (Wildman–Crippen LogP) is 4.88. The first kappa shape index (κ1) is 15.9. The molecule has 0 atom stereocenters. The molecule has 3 aromatic rings. The summed E-state index contributed by atoms with van der Waals surface area (Å²) in [6.07, 6.45) is 1.77. The van der Waals surface area contributed by atoms with E-state index in [2.05, 4.69) is 10.3 Å². The van der Waals surface area contributed by atoms with Gasteiger partial charge in [0, 0.05) is 12.7 Å². The SMILES string of the molecule is CCOc1ccccc1Oc1ccc(CNc2ccccn2)cc1. The molecule has 0 saturated carbocycles. The summed E-state index contributed by atoms with van der Waals surface area (Å²) in [5.74, 6) is 3.12. The van der Waals surface area contributed by atoms with Crippen LogP contribution in [0.4, 0.5) is 5.82 Å². The van der Waals surface area contributed by atoms with Crippen LogP contribution in [0, 0.1) is 0 Å². The molecule has 0 fully saturated rings. The zero-order valence-electron chi connectivity index (χ0n) is 13.6. The second-order valence-corrected chi connectivity index (χ2v) is 5.19. The van der Waals surface area contributed by atoms with Gasteiger partial charge in [0.15, 0.2) is 11.5 Å². The van der Waals surface area contributed by atoms with E-state index in [1.807, 2.05) is 73.7 Å². The predicted molar refractivity (Wildman–Crippen MR) is 95.7 cm³/mol. The number of hydrogen-bond acceptors (Lipinski definition) is 4. The van der Waals surface area contributed by atoms with Crippen LogP contribution >= 0.6 is 0 Å². The fraction of sp³-hybridized carbons (Fsp3) is 0.150. The quantitative estimate of drug-likeness (QED) is 0.673. The van der Waals surface area contributed by atoms with Crippen molar-refractivity contribution in [1.82, 2.24) is 4.98 Å². The molecule has 4 heteroatoms. The van der Waals surface area contributed by atoms with Crippen molar-refractivity contribution < 1.29 is 9.47 Å². The number of hydrogen-bond donors (Lipinski definition) is 1. The maximum absolute atomic E-state index is 5.92. The molecule has 1 N–H and O–H groups in total. The van der Waals surface area contributed by atoms with Crippen LogP contribution in [-0.4, -0.2) is 11.6 Å². The van der Waals surface area contributed by atoms with E-state index in [4.69, 9.17) is 9.47 Å². The van der Waals surface area contributed by atoms with Gasteiger partial charge in [0.1, 0.15) is 11.6 Å². The molecule has 0 saturated heterocycles. The molecule has 0 aliphatic carbocycles. The number of para-hydroxylation sites is 2. The van der Waals surface area contributed by atoms with Crippen molar-refractivity contribution in [3.8, 4) is 17.2 Å². The molecule has 0 spiro atoms. The first-order chi connectivity index (χ1) is 11.8. The van der Waals surface area contributed by atoms with Crippen LogP contribution in [0.2, 0.25) is 0 Å². The summed E-state index contributed by atoms with van der Waals surface area (Å²) < 4.78 is 11.5. The largest absolute Gasteiger partial charge is 0.490 e. The Morgan fingerprint density at radius 2 is 1.62 bits per heavy atom. The molecule has 1 aromatic heterocycles. The molecule has 0 aliphatic heterocycles. The number of ether oxygens (including phenoxy) is 2. The summed E-state index contributed by atoms with van der Waals surface area (Å²) >= 11 is 0. The molecule has 24 heavy (non-hydrogen) atoms. The normalized spacial score (nSPS) is 10.2. The number of benzene rings is 2. The molecular formula is C20H20N2O2. The van der Waals surface area contributed by atoms with Crippen LogP contribution in [0.1, 0.15) is 12.5 Å². The van der Waals surface area contributed by atoms with E-state index in [0.29, 0.717) is 13.2 Å². The molecule has 0 aliphatic rings. The summed E-state index contributed by atoms with van der Waals surface area (Å²) in [6.45, 7) is 3.28. The van der Waals surface area contributed by atoms with Crippen molar-refractivity contribution in [3.63, 3.8) is 0 Å². The lowest BCUT2D eigenvalue weighted by Crippen LogP contribution is -2.00.